The van der Waals surface area contributed by atoms with Crippen LogP contribution in [0.5, 0.6) is 0 Å². The second-order valence-electron chi connectivity index (χ2n) is 3.81. The van der Waals surface area contributed by atoms with Gasteiger partial charge in [0.05, 0.1) is 6.42 Å². The third-order valence-corrected chi connectivity index (χ3v) is 2.99. The largest absolute Gasteiger partial charge is 0.379 e. The molecule has 0 aliphatic heterocycles. The van der Waals surface area contributed by atoms with Crippen LogP contribution in [0.2, 0.25) is 0 Å². The summed E-state index contributed by atoms with van der Waals surface area (Å²) >= 11 is 3.38. The lowest BCUT2D eigenvalue weighted by atomic mass is 10.1. The van der Waals surface area contributed by atoms with Crippen LogP contribution < -0.4 is 5.73 Å². The molecule has 0 bridgehead atoms. The number of nitrogen functional groups attached to an aromatic ring is 1. The van der Waals surface area contributed by atoms with Gasteiger partial charge >= 0.3 is 0 Å². The van der Waals surface area contributed by atoms with Gasteiger partial charge in [0, 0.05) is 4.47 Å². The van der Waals surface area contributed by atoms with Gasteiger partial charge in [-0.1, -0.05) is 33.2 Å². The van der Waals surface area contributed by atoms with Crippen molar-refractivity contribution >= 4 is 21.7 Å². The van der Waals surface area contributed by atoms with E-state index in [2.05, 4.69) is 41.0 Å². The average molecular weight is 322 g/mol. The monoisotopic (exact) mass is 321 g/mol. The molecule has 2 N–H and O–H groups in total. The molecule has 3 rings (SSSR count). The molecule has 1 aromatic carbocycles. The second kappa shape index (κ2) is 4.81. The number of aromatic nitrogens is 4. The van der Waals surface area contributed by atoms with Crippen LogP contribution in [0.3, 0.4) is 0 Å². The van der Waals surface area contributed by atoms with Crippen molar-refractivity contribution in [3.63, 3.8) is 0 Å². The fraction of sp³-hybridized carbons (Fsp3) is 0.0909. The number of hydrogen-bond donors (Lipinski definition) is 1. The molecule has 3 aromatic rings. The molecule has 2 heterocycles. The van der Waals surface area contributed by atoms with Crippen LogP contribution >= 0.6 is 15.9 Å². The number of rotatable bonds is 3. The standard InChI is InChI=1S/C11H8BrN5O2/c12-7-3-1-6(2-4-7)5-8-14-11(17-18-8)9-10(13)16-19-15-9/h1-4H,5H2,(H2,13,16). The van der Waals surface area contributed by atoms with E-state index in [0.29, 0.717) is 12.3 Å². The fourth-order valence-electron chi connectivity index (χ4n) is 1.55. The molecule has 0 atom stereocenters. The Balaban J connectivity index is 1.82. The van der Waals surface area contributed by atoms with Crippen molar-refractivity contribution in [3.05, 3.63) is 40.2 Å². The molecular weight excluding hydrogens is 314 g/mol. The highest BCUT2D eigenvalue weighted by atomic mass is 79.9. The molecule has 0 saturated heterocycles. The topological polar surface area (TPSA) is 104 Å². The SMILES string of the molecule is Nc1nonc1-c1noc(Cc2ccc(Br)cc2)n1. The van der Waals surface area contributed by atoms with Gasteiger partial charge in [0.1, 0.15) is 0 Å². The second-order valence-corrected chi connectivity index (χ2v) is 4.73. The predicted molar refractivity (Wildman–Crippen MR) is 69.0 cm³/mol. The highest BCUT2D eigenvalue weighted by Crippen LogP contribution is 2.19. The number of halogens is 1. The van der Waals surface area contributed by atoms with Crippen LogP contribution in [0.25, 0.3) is 11.5 Å². The van der Waals surface area contributed by atoms with E-state index in [9.17, 15) is 0 Å². The highest BCUT2D eigenvalue weighted by molar-refractivity contribution is 9.10. The summed E-state index contributed by atoms with van der Waals surface area (Å²) in [5.41, 5.74) is 6.90. The molecule has 0 unspecified atom stereocenters. The first-order chi connectivity index (χ1) is 9.22. The fourth-order valence-corrected chi connectivity index (χ4v) is 1.81. The quantitative estimate of drug-likeness (QED) is 0.787. The lowest BCUT2D eigenvalue weighted by molar-refractivity contribution is 0.310. The minimum absolute atomic E-state index is 0.135. The van der Waals surface area contributed by atoms with Crippen molar-refractivity contribution < 1.29 is 9.15 Å². The first kappa shape index (κ1) is 11.8. The van der Waals surface area contributed by atoms with Crippen molar-refractivity contribution in [2.45, 2.75) is 6.42 Å². The molecule has 0 radical (unpaired) electrons. The molecular formula is C11H8BrN5O2. The van der Waals surface area contributed by atoms with E-state index in [-0.39, 0.29) is 17.3 Å². The van der Waals surface area contributed by atoms with Gasteiger partial charge in [-0.2, -0.15) is 4.98 Å². The Morgan fingerprint density at radius 2 is 1.89 bits per heavy atom. The van der Waals surface area contributed by atoms with Gasteiger partial charge in [0.2, 0.25) is 11.7 Å². The third-order valence-electron chi connectivity index (χ3n) is 2.46. The Kier molecular flexibility index (Phi) is 3.00. The molecule has 0 aliphatic carbocycles. The van der Waals surface area contributed by atoms with Crippen LogP contribution in [0.1, 0.15) is 11.5 Å². The molecule has 0 aliphatic rings. The van der Waals surface area contributed by atoms with E-state index in [1.807, 2.05) is 24.3 Å². The number of anilines is 1. The van der Waals surface area contributed by atoms with Crippen LogP contribution in [-0.2, 0) is 6.42 Å². The molecule has 2 aromatic heterocycles. The van der Waals surface area contributed by atoms with Crippen LogP contribution in [-0.4, -0.2) is 20.5 Å². The summed E-state index contributed by atoms with van der Waals surface area (Å²) in [6, 6.07) is 7.85. The van der Waals surface area contributed by atoms with Gasteiger partial charge in [0.15, 0.2) is 11.5 Å². The number of hydrogen-bond acceptors (Lipinski definition) is 7. The average Bonchev–Trinajstić information content (AvgIpc) is 3.01. The Labute approximate surface area is 115 Å². The first-order valence-corrected chi connectivity index (χ1v) is 6.17. The van der Waals surface area contributed by atoms with E-state index in [4.69, 9.17) is 10.3 Å². The third kappa shape index (κ3) is 2.48. The van der Waals surface area contributed by atoms with E-state index in [0.717, 1.165) is 10.0 Å². The molecule has 8 heteroatoms. The first-order valence-electron chi connectivity index (χ1n) is 5.38. The summed E-state index contributed by atoms with van der Waals surface area (Å²) < 4.78 is 10.6. The van der Waals surface area contributed by atoms with Crippen LogP contribution in [0.4, 0.5) is 5.82 Å². The summed E-state index contributed by atoms with van der Waals surface area (Å²) in [6.07, 6.45) is 0.533. The van der Waals surface area contributed by atoms with Crippen molar-refractivity contribution in [1.29, 1.82) is 0 Å². The zero-order valence-electron chi connectivity index (χ0n) is 9.58. The van der Waals surface area contributed by atoms with Crippen molar-refractivity contribution in [1.82, 2.24) is 20.5 Å². The summed E-state index contributed by atoms with van der Waals surface area (Å²) in [7, 11) is 0. The molecule has 0 fully saturated rings. The minimum Gasteiger partial charge on any atom is -0.379 e. The summed E-state index contributed by atoms with van der Waals surface area (Å²) in [5.74, 6) is 0.876. The van der Waals surface area contributed by atoms with Gasteiger partial charge in [-0.3, -0.25) is 0 Å². The number of benzene rings is 1. The van der Waals surface area contributed by atoms with Crippen molar-refractivity contribution in [2.75, 3.05) is 5.73 Å². The van der Waals surface area contributed by atoms with Gasteiger partial charge < -0.3 is 10.3 Å². The lowest BCUT2D eigenvalue weighted by Crippen LogP contribution is -1.91. The maximum absolute atomic E-state index is 5.56. The van der Waals surface area contributed by atoms with E-state index < -0.39 is 0 Å². The van der Waals surface area contributed by atoms with Crippen molar-refractivity contribution in [2.24, 2.45) is 0 Å². The Morgan fingerprint density at radius 3 is 2.58 bits per heavy atom. The van der Waals surface area contributed by atoms with Gasteiger partial charge in [-0.25, -0.2) is 4.63 Å². The molecule has 0 saturated carbocycles. The summed E-state index contributed by atoms with van der Waals surface area (Å²) in [5, 5.41) is 10.9. The van der Waals surface area contributed by atoms with Gasteiger partial charge in [-0.05, 0) is 28.0 Å². The summed E-state index contributed by atoms with van der Waals surface area (Å²) in [6.45, 7) is 0. The maximum Gasteiger partial charge on any atom is 0.231 e. The minimum atomic E-state index is 0.135. The van der Waals surface area contributed by atoms with Gasteiger partial charge in [0.25, 0.3) is 0 Å². The van der Waals surface area contributed by atoms with Gasteiger partial charge in [-0.15, -0.1) is 0 Å². The normalized spacial score (nSPS) is 10.8. The van der Waals surface area contributed by atoms with Crippen LogP contribution in [0.15, 0.2) is 37.9 Å². The van der Waals surface area contributed by atoms with E-state index in [1.165, 1.54) is 0 Å². The highest BCUT2D eigenvalue weighted by Gasteiger charge is 2.16. The maximum atomic E-state index is 5.56. The molecule has 0 spiro atoms. The van der Waals surface area contributed by atoms with Crippen molar-refractivity contribution in [3.8, 4) is 11.5 Å². The lowest BCUT2D eigenvalue weighted by Gasteiger charge is -1.96. The molecule has 7 nitrogen and oxygen atoms in total. The Bertz CT molecular complexity index is 691. The Hall–Kier alpha value is -2.22. The zero-order valence-corrected chi connectivity index (χ0v) is 11.2. The predicted octanol–water partition coefficient (Wildman–Crippen LogP) is 2.06. The smallest absolute Gasteiger partial charge is 0.231 e. The molecule has 19 heavy (non-hydrogen) atoms. The summed E-state index contributed by atoms with van der Waals surface area (Å²) in [4.78, 5) is 4.20. The molecule has 96 valence electrons. The van der Waals surface area contributed by atoms with Crippen LogP contribution in [0, 0.1) is 0 Å². The number of nitrogens with two attached hydrogens (primary N) is 1. The van der Waals surface area contributed by atoms with E-state index >= 15 is 0 Å². The Morgan fingerprint density at radius 1 is 1.11 bits per heavy atom. The number of nitrogens with zero attached hydrogens (tertiary/aromatic N) is 4. The molecule has 0 amide bonds. The zero-order chi connectivity index (χ0) is 13.2. The van der Waals surface area contributed by atoms with E-state index in [1.54, 1.807) is 0 Å².